The van der Waals surface area contributed by atoms with E-state index in [-0.39, 0.29) is 6.04 Å². The topological polar surface area (TPSA) is 56.9 Å². The van der Waals surface area contributed by atoms with Gasteiger partial charge in [-0.2, -0.15) is 0 Å². The molecule has 0 N–H and O–H groups in total. The third-order valence-electron chi connectivity index (χ3n) is 3.98. The van der Waals surface area contributed by atoms with Crippen molar-refractivity contribution >= 4 is 17.5 Å². The maximum Gasteiger partial charge on any atom is 0.218 e. The summed E-state index contributed by atoms with van der Waals surface area (Å²) in [6.45, 7) is 5.22. The number of benzene rings is 1. The lowest BCUT2D eigenvalue weighted by molar-refractivity contribution is 0.303. The van der Waals surface area contributed by atoms with Gasteiger partial charge in [-0.25, -0.2) is 4.99 Å². The molecule has 1 unspecified atom stereocenters. The van der Waals surface area contributed by atoms with Gasteiger partial charge in [0.2, 0.25) is 5.90 Å². The van der Waals surface area contributed by atoms with Crippen molar-refractivity contribution in [3.05, 3.63) is 46.3 Å². The van der Waals surface area contributed by atoms with Crippen LogP contribution in [0.15, 0.2) is 33.8 Å². The molecular formula is C19H23ClN2O3. The minimum absolute atomic E-state index is 0.183. The third kappa shape index (κ3) is 4.98. The van der Waals surface area contributed by atoms with E-state index in [1.54, 1.807) is 0 Å². The summed E-state index contributed by atoms with van der Waals surface area (Å²) < 4.78 is 16.5. The van der Waals surface area contributed by atoms with E-state index < -0.39 is 0 Å². The molecule has 5 nitrogen and oxygen atoms in total. The highest BCUT2D eigenvalue weighted by Crippen LogP contribution is 2.25. The number of hydrogen-bond donors (Lipinski definition) is 0. The zero-order chi connectivity index (χ0) is 17.6. The van der Waals surface area contributed by atoms with Gasteiger partial charge in [0.15, 0.2) is 0 Å². The van der Waals surface area contributed by atoms with Gasteiger partial charge >= 0.3 is 0 Å². The molecule has 0 spiro atoms. The Kier molecular flexibility index (Phi) is 5.97. The molecule has 0 radical (unpaired) electrons. The molecule has 2 aromatic rings. The van der Waals surface area contributed by atoms with Gasteiger partial charge in [-0.1, -0.05) is 16.8 Å². The van der Waals surface area contributed by atoms with Crippen LogP contribution in [-0.4, -0.2) is 30.3 Å². The van der Waals surface area contributed by atoms with Crippen molar-refractivity contribution in [1.29, 1.82) is 0 Å². The molecule has 0 saturated heterocycles. The lowest BCUT2D eigenvalue weighted by Crippen LogP contribution is -2.03. The number of aliphatic imine (C=N–C) groups is 1. The first-order chi connectivity index (χ1) is 12.1. The minimum atomic E-state index is 0.183. The van der Waals surface area contributed by atoms with E-state index in [2.05, 4.69) is 10.1 Å². The summed E-state index contributed by atoms with van der Waals surface area (Å²) >= 11 is 6.33. The number of rotatable bonds is 8. The largest absolute Gasteiger partial charge is 0.494 e. The van der Waals surface area contributed by atoms with Gasteiger partial charge in [0.25, 0.3) is 0 Å². The van der Waals surface area contributed by atoms with Gasteiger partial charge in [-0.15, -0.1) is 0 Å². The molecular weight excluding hydrogens is 340 g/mol. The number of halogens is 1. The smallest absolute Gasteiger partial charge is 0.218 e. The quantitative estimate of drug-likeness (QED) is 0.644. The molecule has 25 heavy (non-hydrogen) atoms. The van der Waals surface area contributed by atoms with Crippen LogP contribution < -0.4 is 4.74 Å². The molecule has 0 aliphatic carbocycles. The zero-order valence-electron chi connectivity index (χ0n) is 14.6. The number of aryl methyl sites for hydroxylation is 2. The molecule has 1 aliphatic rings. The van der Waals surface area contributed by atoms with Crippen LogP contribution in [0.3, 0.4) is 0 Å². The highest BCUT2D eigenvalue weighted by Gasteiger charge is 2.18. The Morgan fingerprint density at radius 1 is 1.24 bits per heavy atom. The SMILES string of the molecule is Cc1cc(CCCCCOc2ccc(C3=NC(C)CO3)c(Cl)c2)on1. The molecule has 6 heteroatoms. The lowest BCUT2D eigenvalue weighted by atomic mass is 10.1. The second kappa shape index (κ2) is 8.39. The molecule has 1 aromatic heterocycles. The predicted octanol–water partition coefficient (Wildman–Crippen LogP) is 4.59. The summed E-state index contributed by atoms with van der Waals surface area (Å²) in [5, 5.41) is 4.49. The van der Waals surface area contributed by atoms with E-state index in [0.717, 1.165) is 48.5 Å². The first-order valence-corrected chi connectivity index (χ1v) is 9.05. The maximum atomic E-state index is 6.33. The molecule has 0 fully saturated rings. The van der Waals surface area contributed by atoms with Gasteiger partial charge in [0.05, 0.1) is 28.9 Å². The fraction of sp³-hybridized carbons (Fsp3) is 0.474. The highest BCUT2D eigenvalue weighted by molar-refractivity contribution is 6.34. The fourth-order valence-corrected chi connectivity index (χ4v) is 2.93. The number of ether oxygens (including phenoxy) is 2. The zero-order valence-corrected chi connectivity index (χ0v) is 15.4. The van der Waals surface area contributed by atoms with E-state index in [1.807, 2.05) is 38.1 Å². The monoisotopic (exact) mass is 362 g/mol. The van der Waals surface area contributed by atoms with E-state index >= 15 is 0 Å². The summed E-state index contributed by atoms with van der Waals surface area (Å²) in [6, 6.07) is 7.80. The summed E-state index contributed by atoms with van der Waals surface area (Å²) in [4.78, 5) is 4.43. The number of unbranched alkanes of at least 4 members (excludes halogenated alkanes) is 2. The molecule has 1 atom stereocenters. The van der Waals surface area contributed by atoms with Crippen LogP contribution >= 0.6 is 11.6 Å². The van der Waals surface area contributed by atoms with Crippen LogP contribution in [0, 0.1) is 6.92 Å². The number of aromatic nitrogens is 1. The predicted molar refractivity (Wildman–Crippen MR) is 97.7 cm³/mol. The fourth-order valence-electron chi connectivity index (χ4n) is 2.68. The third-order valence-corrected chi connectivity index (χ3v) is 4.30. The van der Waals surface area contributed by atoms with Crippen molar-refractivity contribution in [3.8, 4) is 5.75 Å². The molecule has 1 aromatic carbocycles. The lowest BCUT2D eigenvalue weighted by Gasteiger charge is -2.09. The molecule has 2 heterocycles. The maximum absolute atomic E-state index is 6.33. The van der Waals surface area contributed by atoms with Crippen LogP contribution in [0.4, 0.5) is 0 Å². The number of nitrogens with zero attached hydrogens (tertiary/aromatic N) is 2. The first-order valence-electron chi connectivity index (χ1n) is 8.67. The Morgan fingerprint density at radius 2 is 2.12 bits per heavy atom. The van der Waals surface area contributed by atoms with Gasteiger partial charge in [-0.05, 0) is 51.3 Å². The van der Waals surface area contributed by atoms with Crippen molar-refractivity contribution in [2.75, 3.05) is 13.2 Å². The van der Waals surface area contributed by atoms with Crippen LogP contribution in [0.2, 0.25) is 5.02 Å². The summed E-state index contributed by atoms with van der Waals surface area (Å²) in [5.41, 5.74) is 1.75. The Balaban J connectivity index is 1.40. The minimum Gasteiger partial charge on any atom is -0.494 e. The van der Waals surface area contributed by atoms with Crippen LogP contribution in [-0.2, 0) is 11.2 Å². The average Bonchev–Trinajstić information content (AvgIpc) is 3.19. The molecule has 134 valence electrons. The van der Waals surface area contributed by atoms with E-state index in [0.29, 0.717) is 24.1 Å². The second-order valence-corrected chi connectivity index (χ2v) is 6.74. The Hall–Kier alpha value is -2.01. The Morgan fingerprint density at radius 3 is 2.80 bits per heavy atom. The second-order valence-electron chi connectivity index (χ2n) is 6.33. The molecule has 1 aliphatic heterocycles. The van der Waals surface area contributed by atoms with E-state index in [1.165, 1.54) is 0 Å². The van der Waals surface area contributed by atoms with Crippen molar-refractivity contribution in [2.24, 2.45) is 4.99 Å². The van der Waals surface area contributed by atoms with Gasteiger partial charge in [0, 0.05) is 12.5 Å². The van der Waals surface area contributed by atoms with Crippen molar-refractivity contribution in [1.82, 2.24) is 5.16 Å². The van der Waals surface area contributed by atoms with Gasteiger partial charge < -0.3 is 14.0 Å². The van der Waals surface area contributed by atoms with Crippen LogP contribution in [0.1, 0.15) is 43.2 Å². The highest BCUT2D eigenvalue weighted by atomic mass is 35.5. The molecule has 0 saturated carbocycles. The molecule has 0 bridgehead atoms. The van der Waals surface area contributed by atoms with E-state index in [4.69, 9.17) is 25.6 Å². The first kappa shape index (κ1) is 17.8. The normalized spacial score (nSPS) is 16.6. The van der Waals surface area contributed by atoms with Crippen molar-refractivity contribution in [2.45, 2.75) is 45.6 Å². The number of hydrogen-bond acceptors (Lipinski definition) is 5. The average molecular weight is 363 g/mol. The summed E-state index contributed by atoms with van der Waals surface area (Å²) in [6.07, 6.45) is 4.04. The standard InChI is InChI=1S/C19H23ClN2O3/c1-13-10-16(25-22-13)6-4-3-5-9-23-15-7-8-17(18(20)11-15)19-21-14(2)12-24-19/h7-8,10-11,14H,3-6,9,12H2,1-2H3. The molecule has 0 amide bonds. The van der Waals surface area contributed by atoms with Crippen molar-refractivity contribution in [3.63, 3.8) is 0 Å². The summed E-state index contributed by atoms with van der Waals surface area (Å²) in [5.74, 6) is 2.34. The van der Waals surface area contributed by atoms with Gasteiger partial charge in [0.1, 0.15) is 18.1 Å². The molecule has 3 rings (SSSR count). The Bertz CT molecular complexity index is 742. The summed E-state index contributed by atoms with van der Waals surface area (Å²) in [7, 11) is 0. The Labute approximate surface area is 153 Å². The van der Waals surface area contributed by atoms with Crippen molar-refractivity contribution < 1.29 is 14.0 Å². The van der Waals surface area contributed by atoms with Gasteiger partial charge in [-0.3, -0.25) is 0 Å². The van der Waals surface area contributed by atoms with E-state index in [9.17, 15) is 0 Å². The van der Waals surface area contributed by atoms with Crippen LogP contribution in [0.5, 0.6) is 5.75 Å². The van der Waals surface area contributed by atoms with Crippen LogP contribution in [0.25, 0.3) is 0 Å².